The minimum atomic E-state index is -0.463. The molecule has 0 unspecified atom stereocenters. The molecular weight excluding hydrogens is 243 g/mol. The van der Waals surface area contributed by atoms with Crippen LogP contribution in [0.5, 0.6) is 0 Å². The van der Waals surface area contributed by atoms with Gasteiger partial charge < -0.3 is 9.73 Å². The summed E-state index contributed by atoms with van der Waals surface area (Å²) in [6.07, 6.45) is 1.36. The molecule has 0 aliphatic carbocycles. The van der Waals surface area contributed by atoms with E-state index in [0.29, 0.717) is 17.9 Å². The summed E-state index contributed by atoms with van der Waals surface area (Å²) in [6.45, 7) is 3.43. The summed E-state index contributed by atoms with van der Waals surface area (Å²) in [4.78, 5) is 4.10. The number of hydrogen-bond acceptors (Lipinski definition) is 3. The Balaban J connectivity index is 2.32. The predicted molar refractivity (Wildman–Crippen MR) is 64.3 cm³/mol. The molecule has 17 heavy (non-hydrogen) atoms. The van der Waals surface area contributed by atoms with Crippen molar-refractivity contribution in [2.45, 2.75) is 13.5 Å². The number of oxazole rings is 1. The second-order valence-corrected chi connectivity index (χ2v) is 3.94. The van der Waals surface area contributed by atoms with Crippen molar-refractivity contribution >= 4 is 11.6 Å². The molecule has 0 aliphatic heterocycles. The Hall–Kier alpha value is -1.39. The molecule has 2 aromatic rings. The highest BCUT2D eigenvalue weighted by Gasteiger charge is 2.12. The quantitative estimate of drug-likeness (QED) is 0.910. The van der Waals surface area contributed by atoms with E-state index in [9.17, 15) is 4.39 Å². The van der Waals surface area contributed by atoms with Crippen molar-refractivity contribution < 1.29 is 8.81 Å². The largest absolute Gasteiger partial charge is 0.443 e. The van der Waals surface area contributed by atoms with Gasteiger partial charge in [-0.1, -0.05) is 18.5 Å². The number of halogens is 2. The van der Waals surface area contributed by atoms with E-state index in [1.807, 2.05) is 6.92 Å². The lowest BCUT2D eigenvalue weighted by Gasteiger charge is -2.02. The van der Waals surface area contributed by atoms with E-state index >= 15 is 0 Å². The number of benzene rings is 1. The smallest absolute Gasteiger partial charge is 0.181 e. The van der Waals surface area contributed by atoms with Gasteiger partial charge in [-0.2, -0.15) is 0 Å². The Morgan fingerprint density at radius 3 is 3.00 bits per heavy atom. The Labute approximate surface area is 104 Å². The molecule has 0 saturated carbocycles. The van der Waals surface area contributed by atoms with Crippen LogP contribution in [0.1, 0.15) is 12.6 Å². The van der Waals surface area contributed by atoms with Crippen LogP contribution in [0.3, 0.4) is 0 Å². The molecule has 0 fully saturated rings. The van der Waals surface area contributed by atoms with Crippen molar-refractivity contribution in [1.82, 2.24) is 10.3 Å². The lowest BCUT2D eigenvalue weighted by Crippen LogP contribution is -2.12. The molecule has 1 aromatic heterocycles. The monoisotopic (exact) mass is 254 g/mol. The highest BCUT2D eigenvalue weighted by Crippen LogP contribution is 2.26. The van der Waals surface area contributed by atoms with Gasteiger partial charge in [-0.15, -0.1) is 0 Å². The van der Waals surface area contributed by atoms with Crippen LogP contribution in [-0.4, -0.2) is 11.5 Å². The summed E-state index contributed by atoms with van der Waals surface area (Å²) in [6, 6.07) is 4.56. The number of nitrogens with one attached hydrogen (secondary N) is 1. The third-order valence-electron chi connectivity index (χ3n) is 2.37. The fourth-order valence-electron chi connectivity index (χ4n) is 1.51. The number of aromatic nitrogens is 1. The topological polar surface area (TPSA) is 38.1 Å². The fraction of sp³-hybridized carbons (Fsp3) is 0.250. The molecule has 0 bridgehead atoms. The van der Waals surface area contributed by atoms with Crippen molar-refractivity contribution in [3.63, 3.8) is 0 Å². The Morgan fingerprint density at radius 2 is 2.29 bits per heavy atom. The van der Waals surface area contributed by atoms with Crippen molar-refractivity contribution in [1.29, 1.82) is 0 Å². The van der Waals surface area contributed by atoms with Crippen LogP contribution in [-0.2, 0) is 6.54 Å². The first-order chi connectivity index (χ1) is 8.22. The van der Waals surface area contributed by atoms with Crippen molar-refractivity contribution in [3.05, 3.63) is 41.1 Å². The van der Waals surface area contributed by atoms with Gasteiger partial charge in [-0.3, -0.25) is 0 Å². The van der Waals surface area contributed by atoms with Gasteiger partial charge in [0, 0.05) is 12.1 Å². The zero-order chi connectivity index (χ0) is 12.3. The van der Waals surface area contributed by atoms with Crippen LogP contribution in [0.2, 0.25) is 5.02 Å². The van der Waals surface area contributed by atoms with E-state index in [0.717, 1.165) is 12.2 Å². The van der Waals surface area contributed by atoms with Crippen molar-refractivity contribution in [2.75, 3.05) is 6.54 Å². The molecule has 0 amide bonds. The summed E-state index contributed by atoms with van der Waals surface area (Å²) < 4.78 is 18.6. The average molecular weight is 255 g/mol. The highest BCUT2D eigenvalue weighted by atomic mass is 35.5. The normalized spacial score (nSPS) is 10.8. The molecule has 0 saturated heterocycles. The minimum Gasteiger partial charge on any atom is -0.443 e. The lowest BCUT2D eigenvalue weighted by molar-refractivity contribution is 0.568. The first kappa shape index (κ1) is 12.1. The van der Waals surface area contributed by atoms with Gasteiger partial charge in [-0.25, -0.2) is 9.37 Å². The molecule has 1 N–H and O–H groups in total. The SMILES string of the molecule is CCNCc1ncoc1-c1ccc(Cl)c(F)c1. The Morgan fingerprint density at radius 1 is 1.47 bits per heavy atom. The molecule has 3 nitrogen and oxygen atoms in total. The van der Waals surface area contributed by atoms with Crippen LogP contribution < -0.4 is 5.32 Å². The van der Waals surface area contributed by atoms with Gasteiger partial charge >= 0.3 is 0 Å². The maximum absolute atomic E-state index is 13.3. The standard InChI is InChI=1S/C12H12ClFN2O/c1-2-15-6-11-12(17-7-16-11)8-3-4-9(13)10(14)5-8/h3-5,7,15H,2,6H2,1H3. The lowest BCUT2D eigenvalue weighted by atomic mass is 10.1. The van der Waals surface area contributed by atoms with E-state index in [2.05, 4.69) is 10.3 Å². The molecule has 90 valence electrons. The summed E-state index contributed by atoms with van der Waals surface area (Å²) in [5, 5.41) is 3.24. The van der Waals surface area contributed by atoms with Gasteiger partial charge in [0.1, 0.15) is 11.5 Å². The van der Waals surface area contributed by atoms with E-state index in [4.69, 9.17) is 16.0 Å². The highest BCUT2D eigenvalue weighted by molar-refractivity contribution is 6.30. The maximum atomic E-state index is 13.3. The van der Waals surface area contributed by atoms with Crippen molar-refractivity contribution in [3.8, 4) is 11.3 Å². The minimum absolute atomic E-state index is 0.0986. The van der Waals surface area contributed by atoms with E-state index in [1.54, 1.807) is 6.07 Å². The molecule has 5 heteroatoms. The van der Waals surface area contributed by atoms with Crippen LogP contribution in [0.25, 0.3) is 11.3 Å². The van der Waals surface area contributed by atoms with Gasteiger partial charge in [0.05, 0.1) is 5.02 Å². The first-order valence-electron chi connectivity index (χ1n) is 5.31. The molecule has 0 spiro atoms. The molecule has 0 radical (unpaired) electrons. The molecule has 0 atom stereocenters. The molecule has 1 aromatic carbocycles. The van der Waals surface area contributed by atoms with Crippen LogP contribution in [0.15, 0.2) is 29.0 Å². The van der Waals surface area contributed by atoms with Gasteiger partial charge in [0.2, 0.25) is 0 Å². The molecule has 0 aliphatic rings. The van der Waals surface area contributed by atoms with Crippen LogP contribution in [0, 0.1) is 5.82 Å². The molecular formula is C12H12ClFN2O. The van der Waals surface area contributed by atoms with E-state index < -0.39 is 5.82 Å². The third kappa shape index (κ3) is 2.65. The number of nitrogens with zero attached hydrogens (tertiary/aromatic N) is 1. The fourth-order valence-corrected chi connectivity index (χ4v) is 1.63. The Kier molecular flexibility index (Phi) is 3.76. The van der Waals surface area contributed by atoms with Crippen LogP contribution >= 0.6 is 11.6 Å². The predicted octanol–water partition coefficient (Wildman–Crippen LogP) is 3.24. The van der Waals surface area contributed by atoms with E-state index in [-0.39, 0.29) is 5.02 Å². The van der Waals surface area contributed by atoms with Gasteiger partial charge in [-0.05, 0) is 24.7 Å². The van der Waals surface area contributed by atoms with Gasteiger partial charge in [0.15, 0.2) is 12.2 Å². The Bertz CT molecular complexity index is 513. The maximum Gasteiger partial charge on any atom is 0.181 e. The average Bonchev–Trinajstić information content (AvgIpc) is 2.78. The van der Waals surface area contributed by atoms with E-state index in [1.165, 1.54) is 18.5 Å². The van der Waals surface area contributed by atoms with Crippen molar-refractivity contribution in [2.24, 2.45) is 0 Å². The number of rotatable bonds is 4. The first-order valence-corrected chi connectivity index (χ1v) is 5.68. The summed E-state index contributed by atoms with van der Waals surface area (Å²) in [5.41, 5.74) is 1.39. The summed E-state index contributed by atoms with van der Waals surface area (Å²) in [5.74, 6) is 0.108. The van der Waals surface area contributed by atoms with Crippen LogP contribution in [0.4, 0.5) is 4.39 Å². The second kappa shape index (κ2) is 5.29. The zero-order valence-corrected chi connectivity index (χ0v) is 10.1. The van der Waals surface area contributed by atoms with Gasteiger partial charge in [0.25, 0.3) is 0 Å². The summed E-state index contributed by atoms with van der Waals surface area (Å²) in [7, 11) is 0. The zero-order valence-electron chi connectivity index (χ0n) is 9.34. The summed E-state index contributed by atoms with van der Waals surface area (Å²) >= 11 is 5.63. The second-order valence-electron chi connectivity index (χ2n) is 3.54. The molecule has 1 heterocycles. The third-order valence-corrected chi connectivity index (χ3v) is 2.67. The molecule has 2 rings (SSSR count). The number of hydrogen-bond donors (Lipinski definition) is 1.